The number of aliphatic hydroxyl groups is 10. The molecule has 0 aliphatic rings. The van der Waals surface area contributed by atoms with Gasteiger partial charge in [-0.25, -0.2) is 0 Å². The number of carbonyl (C=O) groups is 15. The second-order valence-electron chi connectivity index (χ2n) is 11.7. The molecule has 43 nitrogen and oxygen atoms in total. The molecule has 9 unspecified atom stereocenters. The van der Waals surface area contributed by atoms with Crippen molar-refractivity contribution in [1.29, 1.82) is 0 Å². The number of carboxylic acid groups (broad SMARTS) is 15. The molecule has 0 amide bonds. The van der Waals surface area contributed by atoms with E-state index < -0.39 is 163 Å². The van der Waals surface area contributed by atoms with Crippen LogP contribution in [0.2, 0.25) is 0 Å². The Morgan fingerprint density at radius 1 is 0.300 bits per heavy atom. The first-order chi connectivity index (χ1) is 33.9. The van der Waals surface area contributed by atoms with Gasteiger partial charge in [0.05, 0.1) is 95.9 Å². The van der Waals surface area contributed by atoms with Crippen molar-refractivity contribution in [1.82, 2.24) is 0 Å². The van der Waals surface area contributed by atoms with Gasteiger partial charge in [0.15, 0.2) is 0 Å². The van der Waals surface area contributed by atoms with Crippen molar-refractivity contribution in [3.05, 3.63) is 0 Å². The van der Waals surface area contributed by atoms with Gasteiger partial charge in [-0.3, -0.25) is 0 Å². The predicted octanol–water partition coefficient (Wildman–Crippen LogP) is -32.2. The van der Waals surface area contributed by atoms with Crippen LogP contribution in [0, 0.1) is 0 Å². The fourth-order valence-corrected chi connectivity index (χ4v) is 1.46. The van der Waals surface area contributed by atoms with Crippen LogP contribution in [0.1, 0.15) is 33.6 Å². The molecule has 0 aromatic rings. The number of carboxylic acids is 15. The Morgan fingerprint density at radius 3 is 0.438 bits per heavy atom. The van der Waals surface area contributed by atoms with Crippen molar-refractivity contribution in [2.24, 2.45) is 17.2 Å². The van der Waals surface area contributed by atoms with E-state index in [1.54, 1.807) is 0 Å². The molecule has 0 aliphatic heterocycles. The zero-order valence-electron chi connectivity index (χ0n) is 39.6. The SMILES string of the molecule is CC(O)C(=O)[O-].CC(O)C(=O)[O-].CC(O)C(=O)[O-].NCC(=O)[O-].NCC(=O)[O-].NCC(=O)[O-].O=C([O-])C(O)C(O)C(=O)[O-].O=C([O-])C(O)C(O)C(=O)[O-].O=C([O-])C(O)C(O)C(=O)[O-].O=C([O-])CC(O)(CC(=O)[O-])C(=O)[O-].[Fe+3].[Fe+3].[Fe+3].[Fe+3]. The van der Waals surface area contributed by atoms with Gasteiger partial charge in [-0.05, 0) is 20.8 Å². The summed E-state index contributed by atoms with van der Waals surface area (Å²) in [6.07, 6.45) is -21.4. The molecule has 0 aromatic heterocycles. The Labute approximate surface area is 486 Å². The van der Waals surface area contributed by atoms with Gasteiger partial charge in [0.1, 0.15) is 42.2 Å². The van der Waals surface area contributed by atoms with Gasteiger partial charge in [-0.15, -0.1) is 0 Å². The third kappa shape index (κ3) is 88.2. The van der Waals surface area contributed by atoms with Crippen LogP contribution in [0.5, 0.6) is 0 Å². The van der Waals surface area contributed by atoms with Crippen molar-refractivity contribution in [3.63, 3.8) is 0 Å². The summed E-state index contributed by atoms with van der Waals surface area (Å²) >= 11 is 0. The Balaban J connectivity index is -0.0000000510. The maximum Gasteiger partial charge on any atom is 3.00 e. The van der Waals surface area contributed by atoms with E-state index in [-0.39, 0.29) is 87.9 Å². The number of aliphatic carboxylic acids is 15. The largest absolute Gasteiger partial charge is 3.00 e. The Morgan fingerprint density at radius 2 is 0.400 bits per heavy atom. The molecule has 80 heavy (non-hydrogen) atoms. The minimum Gasteiger partial charge on any atom is -0.550 e. The summed E-state index contributed by atoms with van der Waals surface area (Å²) < 4.78 is 0. The van der Waals surface area contributed by atoms with Crippen LogP contribution in [-0.4, -0.2) is 221 Å². The third-order valence-electron chi connectivity index (χ3n) is 5.12. The Hall–Kier alpha value is -6.39. The summed E-state index contributed by atoms with van der Waals surface area (Å²) in [4.78, 5) is 143. The van der Waals surface area contributed by atoms with Crippen LogP contribution in [-0.2, 0) is 140 Å². The predicted molar refractivity (Wildman–Crippen MR) is 188 cm³/mol. The molecule has 0 aliphatic carbocycles. The van der Waals surface area contributed by atoms with Gasteiger partial charge in [0.2, 0.25) is 0 Å². The van der Waals surface area contributed by atoms with Gasteiger partial charge in [0, 0.05) is 44.4 Å². The van der Waals surface area contributed by atoms with E-state index in [1.807, 2.05) is 0 Å². The number of aliphatic hydroxyl groups excluding tert-OH is 9. The van der Waals surface area contributed by atoms with E-state index in [1.165, 1.54) is 0 Å². The molecule has 0 heterocycles. The zero-order chi connectivity index (χ0) is 63.9. The topological polar surface area (TPSA) is 882 Å². The molecule has 16 N–H and O–H groups in total. The number of hydrogen-bond acceptors (Lipinski definition) is 43. The fraction of sp³-hybridized carbons (Fsp3) is 0.545. The summed E-state index contributed by atoms with van der Waals surface area (Å²) in [6.45, 7) is 2.24. The molecule has 0 rings (SSSR count). The minimum atomic E-state index is -2.97. The molecule has 0 saturated carbocycles. The maximum absolute atomic E-state index is 10.1. The van der Waals surface area contributed by atoms with E-state index in [9.17, 15) is 119 Å². The van der Waals surface area contributed by atoms with Gasteiger partial charge >= 0.3 is 68.3 Å². The number of carbonyl (C=O) groups excluding carboxylic acids is 15. The Bertz CT molecular complexity index is 1610. The number of rotatable bonds is 20. The summed E-state index contributed by atoms with van der Waals surface area (Å²) in [5.74, 6) is -26.3. The van der Waals surface area contributed by atoms with Crippen LogP contribution in [0.3, 0.4) is 0 Å². The van der Waals surface area contributed by atoms with E-state index in [2.05, 4.69) is 17.2 Å². The maximum atomic E-state index is 10.1. The average Bonchev–Trinajstić information content (AvgIpc) is 3.28. The smallest absolute Gasteiger partial charge is 0.550 e. The van der Waals surface area contributed by atoms with Crippen molar-refractivity contribution in [2.75, 3.05) is 19.6 Å². The van der Waals surface area contributed by atoms with Crippen LogP contribution in [0.15, 0.2) is 0 Å². The molecule has 0 aromatic carbocycles. The van der Waals surface area contributed by atoms with Crippen molar-refractivity contribution >= 4 is 89.5 Å². The Kier molecular flexibility index (Phi) is 86.6. The fourth-order valence-electron chi connectivity index (χ4n) is 1.46. The molecule has 0 spiro atoms. The first-order valence-corrected chi connectivity index (χ1v) is 18.0. The molecular weight excluding hydrogens is 1300 g/mol. The van der Waals surface area contributed by atoms with Crippen LogP contribution in [0.4, 0.5) is 0 Å². The van der Waals surface area contributed by atoms with Gasteiger partial charge in [-0.2, -0.15) is 0 Å². The molecular formula is C33H44Fe4N3O40-3. The second kappa shape index (κ2) is 63.4. The molecule has 4 radical (unpaired) electrons. The molecule has 47 heteroatoms. The van der Waals surface area contributed by atoms with E-state index in [4.69, 9.17) is 80.8 Å². The summed E-state index contributed by atoms with van der Waals surface area (Å²) in [5, 5.41) is 225. The van der Waals surface area contributed by atoms with Gasteiger partial charge in [-0.1, -0.05) is 0 Å². The average molecular weight is 1350 g/mol. The van der Waals surface area contributed by atoms with Crippen LogP contribution in [0.25, 0.3) is 0 Å². The number of hydrogen-bond donors (Lipinski definition) is 13. The molecule has 9 atom stereocenters. The zero-order valence-corrected chi connectivity index (χ0v) is 44.0. The standard InChI is InChI=1S/C6H8O7.3C4H6O6.3C3H6O3.3C2H5NO2.4Fe/c7-3(8)1-6(13,5(11)12)2-4(9)10;3*5-1(3(7)8)2(6)4(9)10;3*1-2(4)3(5)6;3*3-1-2(4)5;;;;/h13H,1-2H2,(H,7,8)(H,9,10)(H,11,12);3*1-2,5-6H,(H,7,8)(H,9,10);3*2,4H,1H3,(H,5,6);3*1,3H2,(H,4,5);;;;/q;;;;;;;;;;4*+3/p-15. The van der Waals surface area contributed by atoms with E-state index in [0.717, 1.165) is 20.8 Å². The molecule has 466 valence electrons. The van der Waals surface area contributed by atoms with Crippen molar-refractivity contribution < 1.29 is 268 Å². The van der Waals surface area contributed by atoms with Gasteiger partial charge in [0.25, 0.3) is 0 Å². The second-order valence-corrected chi connectivity index (χ2v) is 11.7. The minimum absolute atomic E-state index is 0. The molecule has 0 saturated heterocycles. The summed E-state index contributed by atoms with van der Waals surface area (Å²) in [5.41, 5.74) is 10.6. The molecule has 0 fully saturated rings. The molecule has 0 bridgehead atoms. The first kappa shape index (κ1) is 109. The van der Waals surface area contributed by atoms with Crippen molar-refractivity contribution in [3.8, 4) is 0 Å². The van der Waals surface area contributed by atoms with E-state index in [0.29, 0.717) is 0 Å². The normalized spacial score (nSPS) is 12.2. The van der Waals surface area contributed by atoms with Crippen LogP contribution < -0.4 is 93.8 Å². The quantitative estimate of drug-likeness (QED) is 0.0504. The van der Waals surface area contributed by atoms with E-state index >= 15 is 0 Å². The summed E-state index contributed by atoms with van der Waals surface area (Å²) in [7, 11) is 0. The first-order valence-electron chi connectivity index (χ1n) is 18.0. The van der Waals surface area contributed by atoms with Crippen LogP contribution >= 0.6 is 0 Å². The van der Waals surface area contributed by atoms with Gasteiger partial charge < -0.3 is 217 Å². The monoisotopic (exact) mass is 1350 g/mol. The number of nitrogens with two attached hydrogens (primary N) is 3. The van der Waals surface area contributed by atoms with Crippen molar-refractivity contribution in [2.45, 2.75) is 94.1 Å². The summed E-state index contributed by atoms with van der Waals surface area (Å²) in [6, 6.07) is 0. The third-order valence-corrected chi connectivity index (χ3v) is 5.12.